The van der Waals surface area contributed by atoms with E-state index in [0.29, 0.717) is 0 Å². The summed E-state index contributed by atoms with van der Waals surface area (Å²) in [5, 5.41) is 27.9. The number of hydrogen-bond acceptors (Lipinski definition) is 16. The van der Waals surface area contributed by atoms with Gasteiger partial charge in [0, 0.05) is 0 Å². The van der Waals surface area contributed by atoms with Crippen LogP contribution in [0.5, 0.6) is 0 Å². The lowest BCUT2D eigenvalue weighted by Crippen LogP contribution is -2.48. The number of nitrogens with zero attached hydrogens (tertiary/aromatic N) is 6. The first-order valence-corrected chi connectivity index (χ1v) is 17.8. The minimum atomic E-state index is -4.27. The number of nitrogen functional groups attached to an aromatic ring is 2. The van der Waals surface area contributed by atoms with Gasteiger partial charge in [-0.15, -0.1) is 0 Å². The largest absolute Gasteiger partial charge is 0.387 e. The monoisotopic (exact) mass is 703 g/mol. The molecule has 13 N–H and O–H groups in total. The van der Waals surface area contributed by atoms with Crippen LogP contribution in [0, 0.1) is 0 Å². The minimum Gasteiger partial charge on any atom is -0.387 e. The van der Waals surface area contributed by atoms with Crippen LogP contribution < -0.4 is 38.3 Å². The number of imidazole rings is 2. The summed E-state index contributed by atoms with van der Waals surface area (Å²) >= 11 is 5.32. The van der Waals surface area contributed by atoms with Crippen LogP contribution in [0.1, 0.15) is 12.5 Å². The number of anilines is 2. The quantitative estimate of drug-likeness (QED) is 0.0894. The summed E-state index contributed by atoms with van der Waals surface area (Å²) in [5.41, 5.74) is 16.0. The fraction of sp³-hybridized carbons (Fsp3) is 0.500. The number of aliphatic hydroxyl groups is 2. The van der Waals surface area contributed by atoms with E-state index in [4.69, 9.17) is 47.3 Å². The number of nitrogens with one attached hydrogen (secondary N) is 4. The Morgan fingerprint density at radius 2 is 1.30 bits per heavy atom. The zero-order valence-corrected chi connectivity index (χ0v) is 25.7. The second-order valence-electron chi connectivity index (χ2n) is 10.7. The number of aromatic nitrogens is 8. The molecule has 46 heavy (non-hydrogen) atoms. The molecule has 3 aliphatic heterocycles. The Morgan fingerprint density at radius 3 is 1.80 bits per heavy atom. The molecule has 0 aromatic carbocycles. The fourth-order valence-corrected chi connectivity index (χ4v) is 8.48. The molecule has 4 aromatic rings. The smallest absolute Gasteiger partial charge is 0.338 e. The Kier molecular flexibility index (Phi) is 7.64. The summed E-state index contributed by atoms with van der Waals surface area (Å²) in [4.78, 5) is 56.5. The van der Waals surface area contributed by atoms with Gasteiger partial charge in [0.05, 0.1) is 38.0 Å². The zero-order valence-electron chi connectivity index (χ0n) is 23.1. The van der Waals surface area contributed by atoms with E-state index in [1.165, 1.54) is 21.8 Å². The molecule has 2 unspecified atom stereocenters. The van der Waals surface area contributed by atoms with E-state index in [1.54, 1.807) is 0 Å². The topological polar surface area (TPSA) is 344 Å². The van der Waals surface area contributed by atoms with Gasteiger partial charge in [0.15, 0.2) is 34.8 Å². The van der Waals surface area contributed by atoms with Crippen LogP contribution in [-0.2, 0) is 34.9 Å². The molecule has 248 valence electrons. The number of hydrogen-bond donors (Lipinski definition) is 10. The number of H-pyrrole nitrogens is 2. The number of aliphatic hydroxyl groups excluding tert-OH is 2. The molecule has 23 nitrogen and oxygen atoms in total. The van der Waals surface area contributed by atoms with Gasteiger partial charge in [-0.1, -0.05) is 0 Å². The molecule has 0 aliphatic carbocycles. The maximum Gasteiger partial charge on any atom is 0.338 e. The Labute approximate surface area is 260 Å². The van der Waals surface area contributed by atoms with Crippen molar-refractivity contribution in [2.24, 2.45) is 5.50 Å². The molecule has 7 heterocycles. The van der Waals surface area contributed by atoms with Crippen molar-refractivity contribution in [2.75, 3.05) is 24.7 Å². The van der Waals surface area contributed by atoms with Crippen LogP contribution in [0.15, 0.2) is 22.2 Å². The number of ether oxygens (including phenoxy) is 2. The van der Waals surface area contributed by atoms with Crippen molar-refractivity contribution in [3.63, 3.8) is 0 Å². The maximum atomic E-state index is 13.5. The lowest BCUT2D eigenvalue weighted by Gasteiger charge is -2.31. The number of nitrogens with two attached hydrogens (primary N) is 3. The molecule has 0 spiro atoms. The van der Waals surface area contributed by atoms with E-state index in [0.717, 1.165) is 0 Å². The highest BCUT2D eigenvalue weighted by atomic mass is 32.5. The molecule has 0 radical (unpaired) electrons. The highest BCUT2D eigenvalue weighted by molar-refractivity contribution is 8.08. The van der Waals surface area contributed by atoms with Gasteiger partial charge in [-0.25, -0.2) is 25.6 Å². The predicted octanol–water partition coefficient (Wildman–Crippen LogP) is -3.82. The molecule has 26 heteroatoms. The average Bonchev–Trinajstić information content (AvgIpc) is 3.72. The van der Waals surface area contributed by atoms with Crippen molar-refractivity contribution in [3.05, 3.63) is 33.4 Å². The molecular weight excluding hydrogens is 676 g/mol. The summed E-state index contributed by atoms with van der Waals surface area (Å²) in [6.45, 7) is -4.97. The van der Waals surface area contributed by atoms with Crippen LogP contribution in [0.25, 0.3) is 22.3 Å². The van der Waals surface area contributed by atoms with E-state index in [1.807, 2.05) is 0 Å². The molecule has 3 fully saturated rings. The van der Waals surface area contributed by atoms with Crippen molar-refractivity contribution < 1.29 is 38.2 Å². The molecule has 0 saturated carbocycles. The van der Waals surface area contributed by atoms with Crippen molar-refractivity contribution in [1.82, 2.24) is 49.2 Å². The van der Waals surface area contributed by atoms with Crippen LogP contribution in [0.2, 0.25) is 0 Å². The second kappa shape index (κ2) is 11.2. The average molecular weight is 704 g/mol. The maximum absolute atomic E-state index is 13.5. The van der Waals surface area contributed by atoms with Gasteiger partial charge in [0.25, 0.3) is 17.8 Å². The predicted molar refractivity (Wildman–Crippen MR) is 159 cm³/mol. The van der Waals surface area contributed by atoms with Gasteiger partial charge in [-0.3, -0.25) is 33.3 Å². The number of rotatable bonds is 2. The van der Waals surface area contributed by atoms with Crippen LogP contribution in [0.4, 0.5) is 11.9 Å². The number of fused-ring (bicyclic) bond motifs is 4. The van der Waals surface area contributed by atoms with Crippen molar-refractivity contribution in [2.45, 2.75) is 49.0 Å². The Balaban J connectivity index is 1.18. The normalized spacial score (nSPS) is 37.1. The van der Waals surface area contributed by atoms with Gasteiger partial charge in [-0.2, -0.15) is 9.97 Å². The SMILES string of the molecule is Nc1nc2c(ncn2[C@@H]2O[C@@H]3COP(O)(=S)N[C@H]4[C@@H](O)[C@H](n5cnc6c(=O)[nH]c(N)nc65)O[C@@H]4COP(N)(=O)N[C@H]3[C@H]2O)c(=O)[nH]1. The highest BCUT2D eigenvalue weighted by Gasteiger charge is 2.51. The first-order chi connectivity index (χ1) is 21.7. The van der Waals surface area contributed by atoms with E-state index < -0.39 is 87.6 Å². The standard InChI is InChI=1S/C20H27N13O10P2S/c21-19-26-13-9(15(36)28-19)24-3-32(13)17-11(34)7-6(43-17)2-41-45(39,46)31-8-5(1-40-44(23,38)30-7)42-18(12(8)35)33-4-25-10-14(33)27-20(22)29-16(10)37/h3-8,11-12,17-18,34-35H,1-2H2,(H3,23,30,38)(H2,31,39,46)(H3,21,26,28,36)(H3,22,27,29,37)/t5-,6-,7-,8-,11-,12-,17-,18-,44?,45?/m1/s1. The van der Waals surface area contributed by atoms with E-state index in [-0.39, 0.29) is 34.2 Å². The molecule has 10 atom stereocenters. The third kappa shape index (κ3) is 5.45. The van der Waals surface area contributed by atoms with E-state index in [9.17, 15) is 29.3 Å². The van der Waals surface area contributed by atoms with Gasteiger partial charge in [0.1, 0.15) is 24.4 Å². The molecule has 3 saturated heterocycles. The molecule has 0 bridgehead atoms. The summed E-state index contributed by atoms with van der Waals surface area (Å²) < 4.78 is 39.2. The van der Waals surface area contributed by atoms with Gasteiger partial charge < -0.3 is 45.1 Å². The third-order valence-corrected chi connectivity index (χ3v) is 10.6. The third-order valence-electron chi connectivity index (χ3n) is 7.68. The first kappa shape index (κ1) is 31.4. The fourth-order valence-electron chi connectivity index (χ4n) is 5.64. The molecule has 3 aliphatic rings. The first-order valence-electron chi connectivity index (χ1n) is 13.4. The van der Waals surface area contributed by atoms with Crippen LogP contribution in [0.3, 0.4) is 0 Å². The lowest BCUT2D eigenvalue weighted by molar-refractivity contribution is -0.0469. The van der Waals surface area contributed by atoms with E-state index in [2.05, 4.69) is 40.1 Å². The van der Waals surface area contributed by atoms with Crippen molar-refractivity contribution in [1.29, 1.82) is 0 Å². The second-order valence-corrected chi connectivity index (χ2v) is 15.4. The Hall–Kier alpha value is -3.22. The molecule has 0 amide bonds. The van der Waals surface area contributed by atoms with Crippen molar-refractivity contribution in [3.8, 4) is 0 Å². The van der Waals surface area contributed by atoms with E-state index >= 15 is 0 Å². The number of aromatic amines is 2. The molecule has 7 rings (SSSR count). The van der Waals surface area contributed by atoms with Gasteiger partial charge in [-0.05, 0) is 11.8 Å². The summed E-state index contributed by atoms with van der Waals surface area (Å²) in [6, 6.07) is -2.43. The summed E-state index contributed by atoms with van der Waals surface area (Å²) in [7, 11) is -4.27. The minimum absolute atomic E-state index is 0.00365. The highest BCUT2D eigenvalue weighted by Crippen LogP contribution is 2.46. The summed E-state index contributed by atoms with van der Waals surface area (Å²) in [5.74, 6) is -0.416. The molecular formula is C20H27N13O10P2S. The van der Waals surface area contributed by atoms with Crippen LogP contribution >= 0.6 is 14.3 Å². The lowest BCUT2D eigenvalue weighted by atomic mass is 10.1. The van der Waals surface area contributed by atoms with Crippen molar-refractivity contribution >= 4 is 60.3 Å². The van der Waals surface area contributed by atoms with Crippen LogP contribution in [-0.4, -0.2) is 104 Å². The van der Waals surface area contributed by atoms with Gasteiger partial charge in [0.2, 0.25) is 11.9 Å². The molecule has 4 aromatic heterocycles. The summed E-state index contributed by atoms with van der Waals surface area (Å²) in [6.07, 6.45) is -5.45. The Bertz CT molecular complexity index is 1910. The Morgan fingerprint density at radius 1 is 0.848 bits per heavy atom. The van der Waals surface area contributed by atoms with Gasteiger partial charge >= 0.3 is 7.67 Å². The zero-order chi connectivity index (χ0) is 32.7.